The smallest absolute Gasteiger partial charge is 0.344 e. The summed E-state index contributed by atoms with van der Waals surface area (Å²) in [5.74, 6) is -3.12. The number of hydrogen-bond donors (Lipinski definition) is 1. The molecular weight excluding hydrogens is 428 g/mol. The van der Waals surface area contributed by atoms with Gasteiger partial charge >= 0.3 is 11.9 Å². The van der Waals surface area contributed by atoms with Crippen LogP contribution in [0.1, 0.15) is 46.5 Å². The molecule has 0 aliphatic heterocycles. The number of ketones is 2. The molecule has 0 bridgehead atoms. The molecule has 9 heteroatoms. The van der Waals surface area contributed by atoms with Gasteiger partial charge in [0.25, 0.3) is 0 Å². The first-order valence-electron chi connectivity index (χ1n) is 10.4. The first-order chi connectivity index (χ1) is 15.9. The number of ether oxygens (including phenoxy) is 3. The third kappa shape index (κ3) is 7.64. The van der Waals surface area contributed by atoms with Crippen LogP contribution in [0.25, 0.3) is 0 Å². The maximum atomic E-state index is 13.0. The van der Waals surface area contributed by atoms with Gasteiger partial charge in [-0.1, -0.05) is 24.3 Å². The van der Waals surface area contributed by atoms with E-state index in [1.54, 1.807) is 26.0 Å². The molecule has 0 aliphatic rings. The second-order valence-corrected chi connectivity index (χ2v) is 6.93. The first-order valence-corrected chi connectivity index (χ1v) is 10.4. The number of nitrogens with one attached hydrogen (secondary N) is 1. The van der Waals surface area contributed by atoms with E-state index in [-0.39, 0.29) is 43.9 Å². The van der Waals surface area contributed by atoms with Gasteiger partial charge in [-0.15, -0.1) is 0 Å². The zero-order valence-electron chi connectivity index (χ0n) is 18.5. The largest absolute Gasteiger partial charge is 0.482 e. The van der Waals surface area contributed by atoms with E-state index in [4.69, 9.17) is 19.7 Å². The van der Waals surface area contributed by atoms with E-state index in [1.807, 2.05) is 0 Å². The van der Waals surface area contributed by atoms with Crippen molar-refractivity contribution in [3.8, 4) is 5.75 Å². The SMILES string of the molecule is CCOC(=O)COc1ccc(C(=O)CC(C(=O)OCC)C(=O)c2ccc(CN=N)cc2)cc1. The predicted molar refractivity (Wildman–Crippen MR) is 117 cm³/mol. The molecule has 174 valence electrons. The van der Waals surface area contributed by atoms with Crippen molar-refractivity contribution in [2.75, 3.05) is 19.8 Å². The maximum absolute atomic E-state index is 13.0. The Balaban J connectivity index is 2.11. The van der Waals surface area contributed by atoms with Gasteiger partial charge in [0.1, 0.15) is 11.7 Å². The molecule has 0 aromatic heterocycles. The fraction of sp³-hybridized carbons (Fsp3) is 0.333. The molecule has 0 spiro atoms. The van der Waals surface area contributed by atoms with Gasteiger partial charge in [0, 0.05) is 17.5 Å². The summed E-state index contributed by atoms with van der Waals surface area (Å²) in [6, 6.07) is 12.4. The van der Waals surface area contributed by atoms with Crippen LogP contribution in [0.2, 0.25) is 0 Å². The Morgan fingerprint density at radius 2 is 1.48 bits per heavy atom. The molecule has 2 aromatic rings. The van der Waals surface area contributed by atoms with Crippen LogP contribution in [0.3, 0.4) is 0 Å². The molecule has 0 saturated carbocycles. The monoisotopic (exact) mass is 454 g/mol. The van der Waals surface area contributed by atoms with Crippen LogP contribution in [0.15, 0.2) is 53.6 Å². The Hall–Kier alpha value is -3.88. The lowest BCUT2D eigenvalue weighted by Crippen LogP contribution is -2.29. The van der Waals surface area contributed by atoms with Gasteiger partial charge in [0.15, 0.2) is 18.2 Å². The van der Waals surface area contributed by atoms with Crippen molar-refractivity contribution in [1.29, 1.82) is 5.53 Å². The van der Waals surface area contributed by atoms with E-state index >= 15 is 0 Å². The van der Waals surface area contributed by atoms with Crippen molar-refractivity contribution in [2.45, 2.75) is 26.8 Å². The Labute approximate surface area is 191 Å². The number of nitrogens with zero attached hydrogens (tertiary/aromatic N) is 1. The third-order valence-corrected chi connectivity index (χ3v) is 4.62. The number of rotatable bonds is 13. The average molecular weight is 454 g/mol. The quantitative estimate of drug-likeness (QED) is 0.211. The van der Waals surface area contributed by atoms with Gasteiger partial charge < -0.3 is 14.2 Å². The minimum absolute atomic E-state index is 0.0766. The minimum Gasteiger partial charge on any atom is -0.482 e. The lowest BCUT2D eigenvalue weighted by atomic mass is 9.90. The van der Waals surface area contributed by atoms with Gasteiger partial charge in [0.05, 0.1) is 19.8 Å². The van der Waals surface area contributed by atoms with Crippen LogP contribution in [-0.4, -0.2) is 43.3 Å². The van der Waals surface area contributed by atoms with Crippen LogP contribution in [0.4, 0.5) is 0 Å². The molecule has 1 unspecified atom stereocenters. The van der Waals surface area contributed by atoms with E-state index < -0.39 is 29.4 Å². The van der Waals surface area contributed by atoms with E-state index in [9.17, 15) is 19.2 Å². The summed E-state index contributed by atoms with van der Waals surface area (Å²) in [4.78, 5) is 49.6. The molecule has 2 rings (SSSR count). The Morgan fingerprint density at radius 1 is 0.879 bits per heavy atom. The Morgan fingerprint density at radius 3 is 2.06 bits per heavy atom. The molecule has 0 radical (unpaired) electrons. The van der Waals surface area contributed by atoms with Gasteiger partial charge in [-0.3, -0.25) is 14.4 Å². The number of carbonyl (C=O) groups excluding carboxylic acids is 4. The van der Waals surface area contributed by atoms with Crippen molar-refractivity contribution in [2.24, 2.45) is 11.0 Å². The zero-order valence-corrected chi connectivity index (χ0v) is 18.5. The summed E-state index contributed by atoms with van der Waals surface area (Å²) in [6.45, 7) is 3.57. The molecule has 1 atom stereocenters. The maximum Gasteiger partial charge on any atom is 0.344 e. The summed E-state index contributed by atoms with van der Waals surface area (Å²) < 4.78 is 15.1. The van der Waals surface area contributed by atoms with Gasteiger partial charge in [-0.05, 0) is 43.7 Å². The highest BCUT2D eigenvalue weighted by atomic mass is 16.6. The third-order valence-electron chi connectivity index (χ3n) is 4.62. The van der Waals surface area contributed by atoms with Crippen molar-refractivity contribution in [1.82, 2.24) is 0 Å². The van der Waals surface area contributed by atoms with Gasteiger partial charge in [0.2, 0.25) is 0 Å². The molecule has 9 nitrogen and oxygen atoms in total. The van der Waals surface area contributed by atoms with E-state index in [0.29, 0.717) is 5.75 Å². The number of hydrogen-bond acceptors (Lipinski definition) is 9. The molecule has 0 heterocycles. The fourth-order valence-electron chi connectivity index (χ4n) is 2.98. The second-order valence-electron chi connectivity index (χ2n) is 6.93. The average Bonchev–Trinajstić information content (AvgIpc) is 2.82. The zero-order chi connectivity index (χ0) is 24.2. The summed E-state index contributed by atoms with van der Waals surface area (Å²) in [7, 11) is 0. The molecule has 0 amide bonds. The van der Waals surface area contributed by atoms with Crippen molar-refractivity contribution >= 4 is 23.5 Å². The standard InChI is InChI=1S/C24H26N2O7/c1-3-31-22(28)15-33-19-11-9-17(10-12-19)21(27)13-20(24(30)32-4-2)23(29)18-7-5-16(6-8-18)14-26-25/h5-12,20,25H,3-4,13-15H2,1-2H3. The van der Waals surface area contributed by atoms with Crippen molar-refractivity contribution < 1.29 is 33.4 Å². The second kappa shape index (κ2) is 12.8. The molecule has 0 saturated heterocycles. The lowest BCUT2D eigenvalue weighted by Gasteiger charge is -2.14. The van der Waals surface area contributed by atoms with Crippen molar-refractivity contribution in [3.05, 3.63) is 65.2 Å². The Kier molecular flexibility index (Phi) is 9.88. The lowest BCUT2D eigenvalue weighted by molar-refractivity contribution is -0.146. The van der Waals surface area contributed by atoms with E-state index in [2.05, 4.69) is 5.11 Å². The van der Waals surface area contributed by atoms with Crippen LogP contribution >= 0.6 is 0 Å². The van der Waals surface area contributed by atoms with Gasteiger partial charge in [-0.2, -0.15) is 5.11 Å². The number of Topliss-reactive ketones (excluding diaryl/α,β-unsaturated/α-hetero) is 2. The van der Waals surface area contributed by atoms with Crippen LogP contribution < -0.4 is 4.74 Å². The highest BCUT2D eigenvalue weighted by molar-refractivity contribution is 6.12. The molecule has 1 N–H and O–H groups in total. The minimum atomic E-state index is -1.29. The highest BCUT2D eigenvalue weighted by Crippen LogP contribution is 2.20. The van der Waals surface area contributed by atoms with Gasteiger partial charge in [-0.25, -0.2) is 10.3 Å². The molecule has 33 heavy (non-hydrogen) atoms. The summed E-state index contributed by atoms with van der Waals surface area (Å²) in [6.07, 6.45) is -0.357. The van der Waals surface area contributed by atoms with Crippen LogP contribution in [-0.2, 0) is 25.6 Å². The fourth-order valence-corrected chi connectivity index (χ4v) is 2.98. The highest BCUT2D eigenvalue weighted by Gasteiger charge is 2.31. The normalized spacial score (nSPS) is 11.2. The Bertz CT molecular complexity index is 985. The van der Waals surface area contributed by atoms with E-state index in [0.717, 1.165) is 5.56 Å². The topological polar surface area (TPSA) is 132 Å². The van der Waals surface area contributed by atoms with Crippen molar-refractivity contribution in [3.63, 3.8) is 0 Å². The number of esters is 2. The van der Waals surface area contributed by atoms with Crippen LogP contribution in [0.5, 0.6) is 5.75 Å². The molecular formula is C24H26N2O7. The molecule has 0 fully saturated rings. The first kappa shape index (κ1) is 25.4. The van der Waals surface area contributed by atoms with E-state index in [1.165, 1.54) is 36.4 Å². The predicted octanol–water partition coefficient (Wildman–Crippen LogP) is 3.79. The summed E-state index contributed by atoms with van der Waals surface area (Å²) in [5.41, 5.74) is 8.20. The summed E-state index contributed by atoms with van der Waals surface area (Å²) >= 11 is 0. The number of carbonyl (C=O) groups is 4. The molecule has 2 aromatic carbocycles. The molecule has 0 aliphatic carbocycles. The summed E-state index contributed by atoms with van der Waals surface area (Å²) in [5, 5.41) is 3.29. The number of benzene rings is 2. The van der Waals surface area contributed by atoms with Crippen LogP contribution in [0, 0.1) is 11.4 Å².